The molecule has 3 N–H and O–H groups in total. The molecule has 2 aromatic rings. The molecular weight excluding hydrogens is 354 g/mol. The Morgan fingerprint density at radius 2 is 1.96 bits per heavy atom. The third-order valence-corrected chi connectivity index (χ3v) is 7.08. The highest BCUT2D eigenvalue weighted by Gasteiger charge is 2.48. The summed E-state index contributed by atoms with van der Waals surface area (Å²) in [6.07, 6.45) is 7.51. The van der Waals surface area contributed by atoms with Gasteiger partial charge in [0, 0.05) is 23.1 Å². The molecule has 0 bridgehead atoms. The van der Waals surface area contributed by atoms with Gasteiger partial charge in [0.1, 0.15) is 11.4 Å². The lowest BCUT2D eigenvalue weighted by atomic mass is 9.88. The fraction of sp³-hybridized carbons (Fsp3) is 0.545. The van der Waals surface area contributed by atoms with Gasteiger partial charge in [0.15, 0.2) is 5.82 Å². The van der Waals surface area contributed by atoms with Gasteiger partial charge in [0.2, 0.25) is 0 Å². The summed E-state index contributed by atoms with van der Waals surface area (Å²) >= 11 is 0. The number of anilines is 1. The number of nitrogens with zero attached hydrogens (tertiary/aromatic N) is 2. The smallest absolute Gasteiger partial charge is 0.152 e. The number of phenolic OH excluding ortho intramolecular Hbond substituents is 1. The number of aliphatic hydroxyl groups excluding tert-OH is 1. The van der Waals surface area contributed by atoms with Crippen molar-refractivity contribution in [2.24, 2.45) is 0 Å². The summed E-state index contributed by atoms with van der Waals surface area (Å²) in [7, 11) is 0. The van der Waals surface area contributed by atoms with E-state index >= 15 is 0 Å². The maximum Gasteiger partial charge on any atom is 0.152 e. The lowest BCUT2D eigenvalue weighted by molar-refractivity contribution is 0.00821. The summed E-state index contributed by atoms with van der Waals surface area (Å²) in [6, 6.07) is 4.15. The second-order valence-corrected chi connectivity index (χ2v) is 8.85. The van der Waals surface area contributed by atoms with Gasteiger partial charge in [-0.2, -0.15) is 0 Å². The first kappa shape index (κ1) is 16.7. The number of rotatable bonds is 3. The number of fused-ring (bicyclic) bond motifs is 2. The van der Waals surface area contributed by atoms with E-state index < -0.39 is 0 Å². The van der Waals surface area contributed by atoms with Crippen molar-refractivity contribution < 1.29 is 14.9 Å². The lowest BCUT2D eigenvalue weighted by Crippen LogP contribution is -2.43. The molecule has 0 unspecified atom stereocenters. The Kier molecular flexibility index (Phi) is 3.53. The molecule has 28 heavy (non-hydrogen) atoms. The third kappa shape index (κ3) is 2.47. The predicted octanol–water partition coefficient (Wildman–Crippen LogP) is 2.88. The van der Waals surface area contributed by atoms with Gasteiger partial charge in [-0.05, 0) is 62.1 Å². The molecule has 3 aliphatic carbocycles. The second-order valence-electron chi connectivity index (χ2n) is 8.85. The largest absolute Gasteiger partial charge is 0.507 e. The van der Waals surface area contributed by atoms with Gasteiger partial charge in [-0.1, -0.05) is 6.07 Å². The first-order valence-corrected chi connectivity index (χ1v) is 10.4. The summed E-state index contributed by atoms with van der Waals surface area (Å²) in [5.41, 5.74) is 5.93. The summed E-state index contributed by atoms with van der Waals surface area (Å²) in [6.45, 7) is 0.499. The molecule has 146 valence electrons. The van der Waals surface area contributed by atoms with Crippen molar-refractivity contribution in [2.75, 3.05) is 5.32 Å². The average molecular weight is 379 g/mol. The topological polar surface area (TPSA) is 87.5 Å². The van der Waals surface area contributed by atoms with Crippen molar-refractivity contribution in [2.45, 2.75) is 75.7 Å². The normalized spacial score (nSPS) is 26.5. The van der Waals surface area contributed by atoms with Crippen LogP contribution in [0.4, 0.5) is 5.82 Å². The standard InChI is InChI=1S/C22H25N3O3/c26-18-7-6-17(18)23-21-15-10-22(8-9-22)28-11-16(15)19(24-25-21)14-5-4-12-2-1-3-13(12)20(14)27/h4-5,17-18,26-27H,1-3,6-11H2,(H,23,25)/t17-,18-/m1/s1. The monoisotopic (exact) mass is 379 g/mol. The fourth-order valence-corrected chi connectivity index (χ4v) is 4.91. The molecule has 6 rings (SSSR count). The van der Waals surface area contributed by atoms with E-state index in [9.17, 15) is 10.2 Å². The first-order chi connectivity index (χ1) is 13.6. The van der Waals surface area contributed by atoms with Gasteiger partial charge >= 0.3 is 0 Å². The number of benzene rings is 1. The Morgan fingerprint density at radius 1 is 1.07 bits per heavy atom. The summed E-state index contributed by atoms with van der Waals surface area (Å²) in [5.74, 6) is 1.13. The van der Waals surface area contributed by atoms with Crippen molar-refractivity contribution in [3.63, 3.8) is 0 Å². The van der Waals surface area contributed by atoms with Crippen molar-refractivity contribution >= 4 is 5.82 Å². The first-order valence-electron chi connectivity index (χ1n) is 10.4. The van der Waals surface area contributed by atoms with Crippen LogP contribution in [-0.4, -0.2) is 38.2 Å². The SMILES string of the molecule is Oc1c(-c2nnc(N[C@@H]3CC[C@H]3O)c3c2COC2(CC2)C3)ccc2c1CCC2. The van der Waals surface area contributed by atoms with Gasteiger partial charge in [0.05, 0.1) is 24.4 Å². The van der Waals surface area contributed by atoms with Crippen LogP contribution in [0.3, 0.4) is 0 Å². The molecule has 6 nitrogen and oxygen atoms in total. The predicted molar refractivity (Wildman–Crippen MR) is 104 cm³/mol. The van der Waals surface area contributed by atoms with E-state index in [0.29, 0.717) is 12.4 Å². The Labute approximate surface area is 164 Å². The molecular formula is C22H25N3O3. The van der Waals surface area contributed by atoms with Crippen molar-refractivity contribution in [1.29, 1.82) is 0 Å². The highest BCUT2D eigenvalue weighted by Crippen LogP contribution is 2.50. The van der Waals surface area contributed by atoms with Gasteiger partial charge in [0.25, 0.3) is 0 Å². The van der Waals surface area contributed by atoms with Crippen LogP contribution in [0.2, 0.25) is 0 Å². The van der Waals surface area contributed by atoms with Gasteiger partial charge < -0.3 is 20.3 Å². The van der Waals surface area contributed by atoms with E-state index in [-0.39, 0.29) is 17.7 Å². The average Bonchev–Trinajstić information content (AvgIpc) is 3.26. The molecule has 6 heteroatoms. The number of hydrogen-bond acceptors (Lipinski definition) is 6. The molecule has 1 spiro atoms. The molecule has 2 fully saturated rings. The molecule has 4 aliphatic rings. The molecule has 1 aliphatic heterocycles. The molecule has 1 aromatic heterocycles. The second kappa shape index (κ2) is 5.91. The number of ether oxygens (including phenoxy) is 1. The molecule has 1 aromatic carbocycles. The Bertz CT molecular complexity index is 970. The van der Waals surface area contributed by atoms with Crippen molar-refractivity contribution in [3.8, 4) is 17.0 Å². The van der Waals surface area contributed by atoms with Crippen LogP contribution in [0.15, 0.2) is 12.1 Å². The van der Waals surface area contributed by atoms with Crippen LogP contribution in [0.1, 0.15) is 54.4 Å². The number of nitrogens with one attached hydrogen (secondary N) is 1. The number of phenols is 1. The van der Waals surface area contributed by atoms with E-state index in [1.807, 2.05) is 6.07 Å². The van der Waals surface area contributed by atoms with Crippen molar-refractivity contribution in [1.82, 2.24) is 10.2 Å². The van der Waals surface area contributed by atoms with Crippen LogP contribution in [0.5, 0.6) is 5.75 Å². The number of hydrogen-bond donors (Lipinski definition) is 3. The highest BCUT2D eigenvalue weighted by atomic mass is 16.5. The molecule has 0 amide bonds. The zero-order valence-electron chi connectivity index (χ0n) is 15.9. The molecule has 0 saturated heterocycles. The van der Waals surface area contributed by atoms with E-state index in [4.69, 9.17) is 4.74 Å². The minimum absolute atomic E-state index is 0.0397. The third-order valence-electron chi connectivity index (χ3n) is 7.08. The zero-order valence-corrected chi connectivity index (χ0v) is 15.9. The van der Waals surface area contributed by atoms with Crippen LogP contribution in [-0.2, 0) is 30.6 Å². The van der Waals surface area contributed by atoms with Crippen LogP contribution in [0, 0.1) is 0 Å². The molecule has 2 saturated carbocycles. The fourth-order valence-electron chi connectivity index (χ4n) is 4.91. The summed E-state index contributed by atoms with van der Waals surface area (Å²) < 4.78 is 6.19. The number of aliphatic hydroxyl groups is 1. The summed E-state index contributed by atoms with van der Waals surface area (Å²) in [4.78, 5) is 0. The highest BCUT2D eigenvalue weighted by molar-refractivity contribution is 5.75. The van der Waals surface area contributed by atoms with Crippen molar-refractivity contribution in [3.05, 3.63) is 34.4 Å². The van der Waals surface area contributed by atoms with Crippen LogP contribution < -0.4 is 5.32 Å². The van der Waals surface area contributed by atoms with Gasteiger partial charge in [-0.15, -0.1) is 10.2 Å². The van der Waals surface area contributed by atoms with E-state index in [2.05, 4.69) is 21.6 Å². The molecule has 0 radical (unpaired) electrons. The zero-order chi connectivity index (χ0) is 18.9. The van der Waals surface area contributed by atoms with Crippen LogP contribution >= 0.6 is 0 Å². The maximum atomic E-state index is 10.9. The maximum absolute atomic E-state index is 10.9. The van der Waals surface area contributed by atoms with E-state index in [0.717, 1.165) is 85.1 Å². The van der Waals surface area contributed by atoms with Gasteiger partial charge in [-0.3, -0.25) is 0 Å². The number of aromatic hydroxyl groups is 1. The van der Waals surface area contributed by atoms with E-state index in [1.54, 1.807) is 0 Å². The molecule has 2 heterocycles. The van der Waals surface area contributed by atoms with E-state index in [1.165, 1.54) is 5.56 Å². The Hall–Kier alpha value is -2.18. The minimum Gasteiger partial charge on any atom is -0.507 e. The quantitative estimate of drug-likeness (QED) is 0.760. The number of aromatic nitrogens is 2. The Balaban J connectivity index is 1.45. The Morgan fingerprint density at radius 3 is 2.71 bits per heavy atom. The summed E-state index contributed by atoms with van der Waals surface area (Å²) in [5, 5.41) is 33.3. The van der Waals surface area contributed by atoms with Crippen LogP contribution in [0.25, 0.3) is 11.3 Å². The minimum atomic E-state index is -0.312. The van der Waals surface area contributed by atoms with Gasteiger partial charge in [-0.25, -0.2) is 0 Å². The molecule has 2 atom stereocenters. The number of aryl methyl sites for hydroxylation is 1. The lowest BCUT2D eigenvalue weighted by Gasteiger charge is -2.35.